The molecule has 0 aromatic carbocycles. The number of hydrogen-bond acceptors (Lipinski definition) is 3. The summed E-state index contributed by atoms with van der Waals surface area (Å²) in [6, 6.07) is 0. The van der Waals surface area contributed by atoms with E-state index in [4.69, 9.17) is 4.74 Å². The second-order valence-electron chi connectivity index (χ2n) is 4.42. The van der Waals surface area contributed by atoms with E-state index in [1.54, 1.807) is 14.0 Å². The summed E-state index contributed by atoms with van der Waals surface area (Å²) >= 11 is 0. The third kappa shape index (κ3) is 3.07. The highest BCUT2D eigenvalue weighted by Crippen LogP contribution is 2.23. The van der Waals surface area contributed by atoms with Gasteiger partial charge in [0, 0.05) is 18.4 Å². The Kier molecular flexibility index (Phi) is 5.15. The highest BCUT2D eigenvalue weighted by molar-refractivity contribution is 5.28. The quantitative estimate of drug-likeness (QED) is 0.828. The molecule has 1 aromatic heterocycles. The maximum Gasteiger partial charge on any atom is 0.0798 e. The van der Waals surface area contributed by atoms with Gasteiger partial charge in [0.25, 0.3) is 0 Å². The van der Waals surface area contributed by atoms with Crippen molar-refractivity contribution >= 4 is 0 Å². The van der Waals surface area contributed by atoms with Gasteiger partial charge in [0.2, 0.25) is 0 Å². The van der Waals surface area contributed by atoms with Gasteiger partial charge in [-0.25, -0.2) is 0 Å². The molecule has 4 nitrogen and oxygen atoms in total. The predicted octanol–water partition coefficient (Wildman–Crippen LogP) is 2.10. The summed E-state index contributed by atoms with van der Waals surface area (Å²) < 4.78 is 7.25. The van der Waals surface area contributed by atoms with Crippen LogP contribution in [0, 0.1) is 0 Å². The number of ether oxygens (including phenoxy) is 1. The first-order valence-corrected chi connectivity index (χ1v) is 6.34. The highest BCUT2D eigenvalue weighted by atomic mass is 16.5. The van der Waals surface area contributed by atoms with Crippen LogP contribution >= 0.6 is 0 Å². The van der Waals surface area contributed by atoms with Gasteiger partial charge in [-0.2, -0.15) is 5.10 Å². The van der Waals surface area contributed by atoms with E-state index in [2.05, 4.69) is 18.9 Å². The summed E-state index contributed by atoms with van der Waals surface area (Å²) in [5.74, 6) is 0. The van der Waals surface area contributed by atoms with E-state index in [0.29, 0.717) is 0 Å². The highest BCUT2D eigenvalue weighted by Gasteiger charge is 2.19. The summed E-state index contributed by atoms with van der Waals surface area (Å²) in [7, 11) is 1.70. The molecular formula is C13H24N2O2. The fourth-order valence-electron chi connectivity index (χ4n) is 2.15. The molecule has 0 bridgehead atoms. The van der Waals surface area contributed by atoms with Crippen molar-refractivity contribution in [1.29, 1.82) is 0 Å². The summed E-state index contributed by atoms with van der Waals surface area (Å²) in [6.45, 7) is 8.72. The Bertz CT molecular complexity index is 359. The molecule has 1 N–H and O–H groups in total. The van der Waals surface area contributed by atoms with Crippen molar-refractivity contribution in [2.45, 2.75) is 59.3 Å². The zero-order valence-corrected chi connectivity index (χ0v) is 11.5. The molecule has 0 aliphatic heterocycles. The van der Waals surface area contributed by atoms with Crippen LogP contribution in [0.15, 0.2) is 0 Å². The summed E-state index contributed by atoms with van der Waals surface area (Å²) in [4.78, 5) is 0. The molecule has 0 amide bonds. The van der Waals surface area contributed by atoms with Crippen molar-refractivity contribution in [2.75, 3.05) is 7.11 Å². The van der Waals surface area contributed by atoms with Crippen molar-refractivity contribution in [3.63, 3.8) is 0 Å². The third-order valence-corrected chi connectivity index (χ3v) is 3.09. The number of nitrogens with zero attached hydrogens (tertiary/aromatic N) is 2. The van der Waals surface area contributed by atoms with E-state index in [-0.39, 0.29) is 6.10 Å². The summed E-state index contributed by atoms with van der Waals surface area (Å²) in [5.41, 5.74) is 3.12. The molecule has 2 unspecified atom stereocenters. The van der Waals surface area contributed by atoms with Gasteiger partial charge in [0.05, 0.1) is 24.4 Å². The zero-order valence-electron chi connectivity index (χ0n) is 11.5. The average Bonchev–Trinajstić information content (AvgIpc) is 2.66. The lowest BCUT2D eigenvalue weighted by Gasteiger charge is -2.13. The second kappa shape index (κ2) is 6.17. The van der Waals surface area contributed by atoms with Gasteiger partial charge in [-0.3, -0.25) is 4.68 Å². The summed E-state index contributed by atoms with van der Waals surface area (Å²) in [5, 5.41) is 14.5. The van der Waals surface area contributed by atoms with Crippen LogP contribution in [0.25, 0.3) is 0 Å². The number of rotatable bonds is 6. The van der Waals surface area contributed by atoms with E-state index in [1.165, 1.54) is 0 Å². The fraction of sp³-hybridized carbons (Fsp3) is 0.769. The van der Waals surface area contributed by atoms with Crippen molar-refractivity contribution in [1.82, 2.24) is 9.78 Å². The minimum absolute atomic E-state index is 0.131. The predicted molar refractivity (Wildman–Crippen MR) is 68.1 cm³/mol. The Hall–Kier alpha value is -0.870. The molecule has 1 rings (SSSR count). The molecule has 2 atom stereocenters. The van der Waals surface area contributed by atoms with Crippen LogP contribution in [0.4, 0.5) is 0 Å². The first-order chi connectivity index (χ1) is 8.04. The Morgan fingerprint density at radius 2 is 1.94 bits per heavy atom. The number of aryl methyl sites for hydroxylation is 1. The lowest BCUT2D eigenvalue weighted by Crippen LogP contribution is -2.18. The van der Waals surface area contributed by atoms with E-state index in [0.717, 1.165) is 36.3 Å². The molecule has 1 heterocycles. The zero-order chi connectivity index (χ0) is 13.0. The SMILES string of the molecule is CCc1nn(CC(C)OC)c(CC)c1C(C)O. The van der Waals surface area contributed by atoms with Crippen molar-refractivity contribution in [3.05, 3.63) is 17.0 Å². The van der Waals surface area contributed by atoms with Gasteiger partial charge in [-0.05, 0) is 26.7 Å². The molecule has 0 radical (unpaired) electrons. The minimum Gasteiger partial charge on any atom is -0.389 e. The average molecular weight is 240 g/mol. The number of aliphatic hydroxyl groups excluding tert-OH is 1. The van der Waals surface area contributed by atoms with E-state index < -0.39 is 6.10 Å². The van der Waals surface area contributed by atoms with Gasteiger partial charge in [0.15, 0.2) is 0 Å². The standard InChI is InChI=1S/C13H24N2O2/c1-6-11-13(10(4)16)12(7-2)15(14-11)8-9(3)17-5/h9-10,16H,6-8H2,1-5H3. The number of hydrogen-bond donors (Lipinski definition) is 1. The van der Waals surface area contributed by atoms with Crippen LogP contribution in [-0.4, -0.2) is 28.1 Å². The molecule has 0 saturated heterocycles. The fourth-order valence-corrected chi connectivity index (χ4v) is 2.15. The van der Waals surface area contributed by atoms with Crippen LogP contribution in [-0.2, 0) is 24.1 Å². The number of methoxy groups -OCH3 is 1. The van der Waals surface area contributed by atoms with Crippen LogP contribution in [0.2, 0.25) is 0 Å². The molecule has 0 aliphatic rings. The Labute approximate surface area is 104 Å². The Morgan fingerprint density at radius 1 is 1.29 bits per heavy atom. The van der Waals surface area contributed by atoms with Crippen molar-refractivity contribution in [2.24, 2.45) is 0 Å². The lowest BCUT2D eigenvalue weighted by atomic mass is 10.0. The van der Waals surface area contributed by atoms with E-state index >= 15 is 0 Å². The van der Waals surface area contributed by atoms with E-state index in [1.807, 2.05) is 11.6 Å². The van der Waals surface area contributed by atoms with Crippen LogP contribution < -0.4 is 0 Å². The first kappa shape index (κ1) is 14.2. The third-order valence-electron chi connectivity index (χ3n) is 3.09. The molecule has 98 valence electrons. The van der Waals surface area contributed by atoms with Crippen molar-refractivity contribution < 1.29 is 9.84 Å². The van der Waals surface area contributed by atoms with E-state index in [9.17, 15) is 5.11 Å². The maximum atomic E-state index is 9.87. The summed E-state index contributed by atoms with van der Waals surface area (Å²) in [6.07, 6.45) is 1.41. The van der Waals surface area contributed by atoms with Gasteiger partial charge in [0.1, 0.15) is 0 Å². The largest absolute Gasteiger partial charge is 0.389 e. The second-order valence-corrected chi connectivity index (χ2v) is 4.42. The van der Waals surface area contributed by atoms with Crippen LogP contribution in [0.5, 0.6) is 0 Å². The van der Waals surface area contributed by atoms with Crippen LogP contribution in [0.3, 0.4) is 0 Å². The molecular weight excluding hydrogens is 216 g/mol. The van der Waals surface area contributed by atoms with Gasteiger partial charge in [-0.15, -0.1) is 0 Å². The van der Waals surface area contributed by atoms with Crippen LogP contribution in [0.1, 0.15) is 50.8 Å². The molecule has 0 saturated carbocycles. The lowest BCUT2D eigenvalue weighted by molar-refractivity contribution is 0.0987. The van der Waals surface area contributed by atoms with Gasteiger partial charge >= 0.3 is 0 Å². The number of aliphatic hydroxyl groups is 1. The maximum absolute atomic E-state index is 9.87. The Morgan fingerprint density at radius 3 is 2.35 bits per heavy atom. The van der Waals surface area contributed by atoms with Gasteiger partial charge < -0.3 is 9.84 Å². The molecule has 0 aliphatic carbocycles. The molecule has 0 fully saturated rings. The molecule has 0 spiro atoms. The smallest absolute Gasteiger partial charge is 0.0798 e. The monoisotopic (exact) mass is 240 g/mol. The molecule has 4 heteroatoms. The number of aromatic nitrogens is 2. The van der Waals surface area contributed by atoms with Gasteiger partial charge in [-0.1, -0.05) is 13.8 Å². The molecule has 17 heavy (non-hydrogen) atoms. The first-order valence-electron chi connectivity index (χ1n) is 6.34. The normalized spacial score (nSPS) is 14.9. The van der Waals surface area contributed by atoms with Crippen molar-refractivity contribution in [3.8, 4) is 0 Å². The topological polar surface area (TPSA) is 47.3 Å². The molecule has 1 aromatic rings. The minimum atomic E-state index is -0.452. The Balaban J connectivity index is 3.13.